The average Bonchev–Trinajstić information content (AvgIpc) is 3.28. The molecule has 56 heavy (non-hydrogen) atoms. The van der Waals surface area contributed by atoms with E-state index in [9.17, 15) is 0 Å². The molecule has 0 fully saturated rings. The Morgan fingerprint density at radius 2 is 0.679 bits per heavy atom. The molecule has 0 bridgehead atoms. The van der Waals surface area contributed by atoms with Crippen LogP contribution in [0.5, 0.6) is 0 Å². The van der Waals surface area contributed by atoms with Crippen LogP contribution in [-0.4, -0.2) is 4.98 Å². The van der Waals surface area contributed by atoms with Gasteiger partial charge in [-0.25, -0.2) is 4.98 Å². The molecule has 1 nitrogen and oxygen atoms in total. The predicted molar refractivity (Wildman–Crippen MR) is 239 cm³/mol. The van der Waals surface area contributed by atoms with Gasteiger partial charge in [-0.05, 0) is 118 Å². The fourth-order valence-electron chi connectivity index (χ4n) is 8.69. The summed E-state index contributed by atoms with van der Waals surface area (Å²) in [4.78, 5) is 5.21. The molecule has 0 aliphatic rings. The second-order valence-electron chi connectivity index (χ2n) is 14.7. The quantitative estimate of drug-likeness (QED) is 0.162. The molecule has 0 saturated heterocycles. The summed E-state index contributed by atoms with van der Waals surface area (Å²) >= 11 is 0. The Kier molecular flexibility index (Phi) is 7.57. The largest absolute Gasteiger partial charge is 0.248 e. The van der Waals surface area contributed by atoms with Gasteiger partial charge in [-0.15, -0.1) is 0 Å². The predicted octanol–water partition coefficient (Wildman–Crippen LogP) is 15.2. The summed E-state index contributed by atoms with van der Waals surface area (Å²) in [5, 5.41) is 11.4. The summed E-state index contributed by atoms with van der Waals surface area (Å²) in [5.41, 5.74) is 12.6. The van der Waals surface area contributed by atoms with Crippen LogP contribution in [0.15, 0.2) is 212 Å². The van der Waals surface area contributed by atoms with E-state index in [1.54, 1.807) is 0 Å². The molecule has 0 saturated carbocycles. The molecular weight excluding hydrogens is 675 g/mol. The third-order valence-corrected chi connectivity index (χ3v) is 11.4. The minimum absolute atomic E-state index is 0.962. The van der Waals surface area contributed by atoms with E-state index in [1.807, 2.05) is 0 Å². The number of hydrogen-bond donors (Lipinski definition) is 0. The molecule has 1 aromatic heterocycles. The minimum atomic E-state index is 0.962. The van der Waals surface area contributed by atoms with E-state index in [0.29, 0.717) is 0 Å². The monoisotopic (exact) mass is 709 g/mol. The van der Waals surface area contributed by atoms with Gasteiger partial charge in [0, 0.05) is 10.9 Å². The molecule has 1 heteroatoms. The summed E-state index contributed by atoms with van der Waals surface area (Å²) in [7, 11) is 0. The van der Waals surface area contributed by atoms with Crippen molar-refractivity contribution < 1.29 is 0 Å². The molecule has 1 heterocycles. The zero-order valence-corrected chi connectivity index (χ0v) is 30.7. The summed E-state index contributed by atoms with van der Waals surface area (Å²) in [5.74, 6) is 0. The summed E-state index contributed by atoms with van der Waals surface area (Å²) in [6.07, 6.45) is 0. The first-order valence-corrected chi connectivity index (χ1v) is 19.3. The van der Waals surface area contributed by atoms with Gasteiger partial charge in [0.2, 0.25) is 0 Å². The van der Waals surface area contributed by atoms with Crippen LogP contribution in [0, 0.1) is 0 Å². The standard InChI is InChI=1S/C55H35N/c1-2-18-44-36(12-1)13-11-24-45(44)37-26-28-38(29-27-37)52-35-55(56-54-25-8-7-23-51(52)54)43-17-10-16-41(33-43)39-14-9-15-40(32-39)42-30-31-50-48-21-4-3-19-46(48)47-20-5-6-22-49(47)53(50)34-42/h1-35H. The van der Waals surface area contributed by atoms with Crippen LogP contribution in [0.4, 0.5) is 0 Å². The van der Waals surface area contributed by atoms with Crippen molar-refractivity contribution >= 4 is 54.0 Å². The van der Waals surface area contributed by atoms with Gasteiger partial charge in [0.25, 0.3) is 0 Å². The first-order chi connectivity index (χ1) is 27.7. The lowest BCUT2D eigenvalue weighted by Gasteiger charge is -2.13. The van der Waals surface area contributed by atoms with Crippen LogP contribution in [0.3, 0.4) is 0 Å². The SMILES string of the molecule is c1cc(-c2cccc(-c3cc(-c4ccc(-c5cccc6ccccc56)cc4)c4ccccc4n3)c2)cc(-c2ccc3c4ccccc4c4ccccc4c3c2)c1. The van der Waals surface area contributed by atoms with E-state index < -0.39 is 0 Å². The molecule has 0 radical (unpaired) electrons. The molecule has 0 atom stereocenters. The van der Waals surface area contributed by atoms with Gasteiger partial charge in [0.15, 0.2) is 0 Å². The van der Waals surface area contributed by atoms with Gasteiger partial charge in [0.1, 0.15) is 0 Å². The van der Waals surface area contributed by atoms with Gasteiger partial charge in [-0.1, -0.05) is 182 Å². The molecule has 10 aromatic carbocycles. The molecule has 0 unspecified atom stereocenters. The Morgan fingerprint density at radius 1 is 0.232 bits per heavy atom. The topological polar surface area (TPSA) is 12.9 Å². The van der Waals surface area contributed by atoms with E-state index in [2.05, 4.69) is 212 Å². The van der Waals surface area contributed by atoms with E-state index in [0.717, 1.165) is 27.7 Å². The fourth-order valence-corrected chi connectivity index (χ4v) is 8.69. The maximum absolute atomic E-state index is 5.21. The molecular formula is C55H35N. The molecule has 11 aromatic rings. The minimum Gasteiger partial charge on any atom is -0.248 e. The first kappa shape index (κ1) is 32.1. The normalized spacial score (nSPS) is 11.6. The second kappa shape index (κ2) is 13.2. The van der Waals surface area contributed by atoms with Crippen molar-refractivity contribution in [1.82, 2.24) is 4.98 Å². The molecule has 0 N–H and O–H groups in total. The number of pyridine rings is 1. The van der Waals surface area contributed by atoms with Crippen LogP contribution >= 0.6 is 0 Å². The highest BCUT2D eigenvalue weighted by molar-refractivity contribution is 6.25. The number of hydrogen-bond acceptors (Lipinski definition) is 1. The average molecular weight is 710 g/mol. The lowest BCUT2D eigenvalue weighted by molar-refractivity contribution is 1.40. The smallest absolute Gasteiger partial charge is 0.0716 e. The Hall–Kier alpha value is -7.35. The van der Waals surface area contributed by atoms with Crippen molar-refractivity contribution in [2.45, 2.75) is 0 Å². The van der Waals surface area contributed by atoms with Crippen LogP contribution in [0.2, 0.25) is 0 Å². The molecule has 0 amide bonds. The Morgan fingerprint density at radius 3 is 1.36 bits per heavy atom. The van der Waals surface area contributed by atoms with Crippen LogP contribution in [0.1, 0.15) is 0 Å². The first-order valence-electron chi connectivity index (χ1n) is 19.3. The second-order valence-corrected chi connectivity index (χ2v) is 14.7. The van der Waals surface area contributed by atoms with Gasteiger partial charge in [-0.3, -0.25) is 0 Å². The third kappa shape index (κ3) is 5.44. The van der Waals surface area contributed by atoms with Crippen molar-refractivity contribution in [2.24, 2.45) is 0 Å². The van der Waals surface area contributed by atoms with Gasteiger partial charge >= 0.3 is 0 Å². The van der Waals surface area contributed by atoms with Crippen LogP contribution in [-0.2, 0) is 0 Å². The van der Waals surface area contributed by atoms with E-state index >= 15 is 0 Å². The number of nitrogens with zero attached hydrogens (tertiary/aromatic N) is 1. The highest BCUT2D eigenvalue weighted by Gasteiger charge is 2.13. The summed E-state index contributed by atoms with van der Waals surface area (Å²) in [6, 6.07) is 77.1. The number of aromatic nitrogens is 1. The molecule has 0 spiro atoms. The lowest BCUT2D eigenvalue weighted by Crippen LogP contribution is -1.91. The highest BCUT2D eigenvalue weighted by atomic mass is 14.7. The van der Waals surface area contributed by atoms with Crippen molar-refractivity contribution in [1.29, 1.82) is 0 Å². The molecule has 11 rings (SSSR count). The van der Waals surface area contributed by atoms with E-state index in [4.69, 9.17) is 4.98 Å². The molecule has 0 aliphatic heterocycles. The van der Waals surface area contributed by atoms with Crippen molar-refractivity contribution in [3.63, 3.8) is 0 Å². The number of para-hydroxylation sites is 1. The van der Waals surface area contributed by atoms with E-state index in [-0.39, 0.29) is 0 Å². The zero-order chi connectivity index (χ0) is 37.0. The van der Waals surface area contributed by atoms with Gasteiger partial charge in [-0.2, -0.15) is 0 Å². The summed E-state index contributed by atoms with van der Waals surface area (Å²) in [6.45, 7) is 0. The lowest BCUT2D eigenvalue weighted by atomic mass is 9.91. The number of rotatable bonds is 5. The number of benzene rings is 10. The Bertz CT molecular complexity index is 3260. The Balaban J connectivity index is 0.971. The highest BCUT2D eigenvalue weighted by Crippen LogP contribution is 2.39. The van der Waals surface area contributed by atoms with Crippen LogP contribution in [0.25, 0.3) is 110 Å². The molecule has 260 valence electrons. The third-order valence-electron chi connectivity index (χ3n) is 11.4. The van der Waals surface area contributed by atoms with Gasteiger partial charge in [0.05, 0.1) is 11.2 Å². The molecule has 0 aliphatic carbocycles. The fraction of sp³-hybridized carbons (Fsp3) is 0. The van der Waals surface area contributed by atoms with E-state index in [1.165, 1.54) is 82.0 Å². The van der Waals surface area contributed by atoms with Crippen molar-refractivity contribution in [2.75, 3.05) is 0 Å². The van der Waals surface area contributed by atoms with Crippen LogP contribution < -0.4 is 0 Å². The number of fused-ring (bicyclic) bond motifs is 8. The van der Waals surface area contributed by atoms with Crippen molar-refractivity contribution in [3.8, 4) is 55.8 Å². The Labute approximate surface area is 325 Å². The maximum Gasteiger partial charge on any atom is 0.0716 e. The van der Waals surface area contributed by atoms with Gasteiger partial charge < -0.3 is 0 Å². The maximum atomic E-state index is 5.21. The van der Waals surface area contributed by atoms with Crippen molar-refractivity contribution in [3.05, 3.63) is 212 Å². The zero-order valence-electron chi connectivity index (χ0n) is 30.7. The summed E-state index contributed by atoms with van der Waals surface area (Å²) < 4.78 is 0.